The van der Waals surface area contributed by atoms with Crippen LogP contribution in [0.5, 0.6) is 0 Å². The van der Waals surface area contributed by atoms with Crippen molar-refractivity contribution in [2.24, 2.45) is 17.8 Å². The zero-order chi connectivity index (χ0) is 25.7. The lowest BCUT2D eigenvalue weighted by Crippen LogP contribution is -2.59. The van der Waals surface area contributed by atoms with Gasteiger partial charge in [-0.1, -0.05) is 17.7 Å². The second-order valence-corrected chi connectivity index (χ2v) is 11.8. The SMILES string of the molecule is O=C(NC12CC3CC(CC(C3)C1)C2)c1ccc(N2CCN(C(=O)c3cccc(Cl)c3)CC2)c([N+](=O)[O-])c1. The van der Waals surface area contributed by atoms with Crippen LogP contribution < -0.4 is 10.2 Å². The summed E-state index contributed by atoms with van der Waals surface area (Å²) in [6.07, 6.45) is 6.95. The van der Waals surface area contributed by atoms with Crippen molar-refractivity contribution >= 4 is 34.8 Å². The minimum absolute atomic E-state index is 0.0761. The van der Waals surface area contributed by atoms with E-state index in [2.05, 4.69) is 5.32 Å². The fourth-order valence-electron chi connectivity index (χ4n) is 7.61. The predicted octanol–water partition coefficient (Wildman–Crippen LogP) is 4.91. The summed E-state index contributed by atoms with van der Waals surface area (Å²) in [6.45, 7) is 1.81. The third-order valence-corrected chi connectivity index (χ3v) is 9.07. The molecule has 1 N–H and O–H groups in total. The van der Waals surface area contributed by atoms with Gasteiger partial charge in [0.15, 0.2) is 0 Å². The number of halogens is 1. The number of nitrogens with zero attached hydrogens (tertiary/aromatic N) is 3. The Bertz CT molecular complexity index is 1220. The van der Waals surface area contributed by atoms with E-state index in [1.165, 1.54) is 25.3 Å². The van der Waals surface area contributed by atoms with Crippen LogP contribution in [0.4, 0.5) is 11.4 Å². The van der Waals surface area contributed by atoms with E-state index in [1.54, 1.807) is 41.3 Å². The maximum absolute atomic E-state index is 13.3. The van der Waals surface area contributed by atoms with Crippen molar-refractivity contribution < 1.29 is 14.5 Å². The van der Waals surface area contributed by atoms with Crippen molar-refractivity contribution in [1.29, 1.82) is 0 Å². The van der Waals surface area contributed by atoms with E-state index < -0.39 is 4.92 Å². The van der Waals surface area contributed by atoms with Gasteiger partial charge in [-0.25, -0.2) is 0 Å². The van der Waals surface area contributed by atoms with Crippen LogP contribution in [0.1, 0.15) is 59.2 Å². The van der Waals surface area contributed by atoms with Crippen LogP contribution in [0.25, 0.3) is 0 Å². The summed E-state index contributed by atoms with van der Waals surface area (Å²) in [5, 5.41) is 15.8. The maximum atomic E-state index is 13.3. The number of carbonyl (C=O) groups is 2. The highest BCUT2D eigenvalue weighted by Gasteiger charge is 2.51. The molecule has 1 aliphatic heterocycles. The number of nitro benzene ring substituents is 1. The van der Waals surface area contributed by atoms with Crippen LogP contribution in [-0.4, -0.2) is 53.4 Å². The van der Waals surface area contributed by atoms with Crippen LogP contribution in [0.15, 0.2) is 42.5 Å². The Hall–Kier alpha value is -3.13. The molecule has 0 atom stereocenters. The van der Waals surface area contributed by atoms with E-state index in [0.717, 1.165) is 19.3 Å². The number of piperazine rings is 1. The van der Waals surface area contributed by atoms with Gasteiger partial charge in [0.1, 0.15) is 5.69 Å². The molecule has 4 aliphatic carbocycles. The van der Waals surface area contributed by atoms with Crippen molar-refractivity contribution in [2.75, 3.05) is 31.1 Å². The monoisotopic (exact) mass is 522 g/mol. The van der Waals surface area contributed by atoms with Crippen molar-refractivity contribution in [1.82, 2.24) is 10.2 Å². The summed E-state index contributed by atoms with van der Waals surface area (Å²) in [5.74, 6) is 1.79. The molecule has 0 aromatic heterocycles. The number of amides is 2. The highest BCUT2D eigenvalue weighted by molar-refractivity contribution is 6.30. The molecule has 2 amide bonds. The first-order valence-corrected chi connectivity index (χ1v) is 13.6. The van der Waals surface area contributed by atoms with Gasteiger partial charge in [0.05, 0.1) is 4.92 Å². The fourth-order valence-corrected chi connectivity index (χ4v) is 7.80. The molecule has 0 unspecified atom stereocenters. The number of carbonyl (C=O) groups excluding carboxylic acids is 2. The van der Waals surface area contributed by atoms with Gasteiger partial charge in [-0.3, -0.25) is 19.7 Å². The number of hydrogen-bond donors (Lipinski definition) is 1. The van der Waals surface area contributed by atoms with Crippen LogP contribution in [-0.2, 0) is 0 Å². The van der Waals surface area contributed by atoms with Crippen molar-refractivity contribution in [2.45, 2.75) is 44.1 Å². The topological polar surface area (TPSA) is 95.8 Å². The lowest BCUT2D eigenvalue weighted by Gasteiger charge is -2.56. The first kappa shape index (κ1) is 24.2. The van der Waals surface area contributed by atoms with Gasteiger partial charge in [-0.05, 0) is 86.6 Å². The Morgan fingerprint density at radius 2 is 1.57 bits per heavy atom. The molecule has 4 saturated carbocycles. The Labute approximate surface area is 221 Å². The molecular weight excluding hydrogens is 492 g/mol. The summed E-state index contributed by atoms with van der Waals surface area (Å²) in [4.78, 5) is 41.4. The zero-order valence-corrected chi connectivity index (χ0v) is 21.5. The summed E-state index contributed by atoms with van der Waals surface area (Å²) < 4.78 is 0. The van der Waals surface area contributed by atoms with Crippen molar-refractivity contribution in [3.63, 3.8) is 0 Å². The first-order valence-electron chi connectivity index (χ1n) is 13.2. The van der Waals surface area contributed by atoms with E-state index in [1.807, 2.05) is 4.90 Å². The Balaban J connectivity index is 1.15. The quantitative estimate of drug-likeness (QED) is 0.444. The van der Waals surface area contributed by atoms with E-state index in [9.17, 15) is 19.7 Å². The number of benzene rings is 2. The summed E-state index contributed by atoms with van der Waals surface area (Å²) in [5.41, 5.74) is 1.12. The maximum Gasteiger partial charge on any atom is 0.293 e. The van der Waals surface area contributed by atoms with E-state index in [-0.39, 0.29) is 23.0 Å². The van der Waals surface area contributed by atoms with Crippen molar-refractivity contribution in [3.05, 3.63) is 68.7 Å². The average Bonchev–Trinajstić information content (AvgIpc) is 2.87. The number of rotatable bonds is 5. The largest absolute Gasteiger partial charge is 0.362 e. The van der Waals surface area contributed by atoms with Gasteiger partial charge in [-0.15, -0.1) is 0 Å². The van der Waals surface area contributed by atoms with Gasteiger partial charge in [-0.2, -0.15) is 0 Å². The average molecular weight is 523 g/mol. The Morgan fingerprint density at radius 1 is 0.919 bits per heavy atom. The van der Waals surface area contributed by atoms with Crippen LogP contribution in [0.2, 0.25) is 5.02 Å². The Kier molecular flexibility index (Phi) is 6.10. The van der Waals surface area contributed by atoms with E-state index in [0.29, 0.717) is 65.8 Å². The number of nitro groups is 1. The van der Waals surface area contributed by atoms with Crippen LogP contribution in [0.3, 0.4) is 0 Å². The summed E-state index contributed by atoms with van der Waals surface area (Å²) >= 11 is 6.03. The number of anilines is 1. The minimum atomic E-state index is -0.416. The lowest BCUT2D eigenvalue weighted by atomic mass is 9.53. The smallest absolute Gasteiger partial charge is 0.293 e. The van der Waals surface area contributed by atoms with Crippen molar-refractivity contribution in [3.8, 4) is 0 Å². The van der Waals surface area contributed by atoms with Gasteiger partial charge in [0.25, 0.3) is 17.5 Å². The molecule has 4 bridgehead atoms. The first-order chi connectivity index (χ1) is 17.8. The number of hydrogen-bond acceptors (Lipinski definition) is 5. The highest BCUT2D eigenvalue weighted by atomic mass is 35.5. The molecule has 1 saturated heterocycles. The molecule has 0 radical (unpaired) electrons. The van der Waals surface area contributed by atoms with Crippen LogP contribution in [0, 0.1) is 27.9 Å². The molecule has 194 valence electrons. The summed E-state index contributed by atoms with van der Waals surface area (Å²) in [6, 6.07) is 11.6. The molecule has 9 heteroatoms. The third-order valence-electron chi connectivity index (χ3n) is 8.83. The van der Waals surface area contributed by atoms with Gasteiger partial charge in [0.2, 0.25) is 0 Å². The second kappa shape index (κ2) is 9.31. The fraction of sp³-hybridized carbons (Fsp3) is 0.500. The molecule has 5 aliphatic rings. The minimum Gasteiger partial charge on any atom is -0.362 e. The Morgan fingerprint density at radius 3 is 2.16 bits per heavy atom. The molecule has 0 spiro atoms. The number of nitrogens with one attached hydrogen (secondary N) is 1. The normalized spacial score (nSPS) is 28.3. The lowest BCUT2D eigenvalue weighted by molar-refractivity contribution is -0.384. The highest BCUT2D eigenvalue weighted by Crippen LogP contribution is 2.55. The second-order valence-electron chi connectivity index (χ2n) is 11.4. The standard InChI is InChI=1S/C28H31ClN4O4/c29-23-3-1-2-22(13-23)27(35)32-8-6-31(7-9-32)24-5-4-21(14-25(24)33(36)37)26(34)30-28-15-18-10-19(16-28)12-20(11-18)17-28/h1-5,13-14,18-20H,6-12,15-17H2,(H,30,34). The predicted molar refractivity (Wildman–Crippen MR) is 141 cm³/mol. The third kappa shape index (κ3) is 4.67. The zero-order valence-electron chi connectivity index (χ0n) is 20.7. The molecule has 37 heavy (non-hydrogen) atoms. The molecule has 1 heterocycles. The molecule has 5 fully saturated rings. The van der Waals surface area contributed by atoms with Gasteiger partial charge in [0, 0.05) is 53.9 Å². The van der Waals surface area contributed by atoms with Gasteiger partial charge >= 0.3 is 0 Å². The summed E-state index contributed by atoms with van der Waals surface area (Å²) in [7, 11) is 0. The molecular formula is C28H31ClN4O4. The molecule has 7 rings (SSSR count). The molecule has 2 aromatic carbocycles. The van der Waals surface area contributed by atoms with E-state index in [4.69, 9.17) is 11.6 Å². The van der Waals surface area contributed by atoms with E-state index >= 15 is 0 Å². The van der Waals surface area contributed by atoms with Crippen LogP contribution >= 0.6 is 11.6 Å². The molecule has 2 aromatic rings. The van der Waals surface area contributed by atoms with Gasteiger partial charge < -0.3 is 15.1 Å². The molecule has 8 nitrogen and oxygen atoms in total.